The minimum atomic E-state index is -0.710. The van der Waals surface area contributed by atoms with E-state index in [1.807, 2.05) is 6.92 Å². The quantitative estimate of drug-likeness (QED) is 0.894. The van der Waals surface area contributed by atoms with Gasteiger partial charge in [0.15, 0.2) is 0 Å². The molecule has 0 aliphatic heterocycles. The summed E-state index contributed by atoms with van der Waals surface area (Å²) in [7, 11) is 0. The lowest BCUT2D eigenvalue weighted by Gasteiger charge is -2.09. The number of rotatable bonds is 4. The zero-order chi connectivity index (χ0) is 15.2. The summed E-state index contributed by atoms with van der Waals surface area (Å²) in [5.41, 5.74) is 0.284. The largest absolute Gasteiger partial charge is 0.494 e. The van der Waals surface area contributed by atoms with Gasteiger partial charge in [0.1, 0.15) is 17.4 Å². The molecule has 0 saturated heterocycles. The SMILES string of the molecule is CCOc1ccc(NC(=O)Nc2cc(F)ccc2F)cc1. The molecule has 2 N–H and O–H groups in total. The molecule has 0 aromatic heterocycles. The van der Waals surface area contributed by atoms with Crippen LogP contribution in [0, 0.1) is 11.6 Å². The minimum absolute atomic E-state index is 0.224. The highest BCUT2D eigenvalue weighted by Gasteiger charge is 2.08. The molecule has 110 valence electrons. The van der Waals surface area contributed by atoms with Crippen molar-refractivity contribution in [2.45, 2.75) is 6.92 Å². The van der Waals surface area contributed by atoms with Crippen LogP contribution in [0.2, 0.25) is 0 Å². The maximum atomic E-state index is 13.4. The lowest BCUT2D eigenvalue weighted by atomic mass is 10.3. The van der Waals surface area contributed by atoms with Gasteiger partial charge in [-0.25, -0.2) is 13.6 Å². The smallest absolute Gasteiger partial charge is 0.323 e. The molecule has 0 bridgehead atoms. The summed E-state index contributed by atoms with van der Waals surface area (Å²) >= 11 is 0. The van der Waals surface area contributed by atoms with E-state index in [2.05, 4.69) is 10.6 Å². The standard InChI is InChI=1S/C15H14F2N2O2/c1-2-21-12-6-4-11(5-7-12)18-15(20)19-14-9-10(16)3-8-13(14)17/h3-9H,2H2,1H3,(H2,18,19,20). The highest BCUT2D eigenvalue weighted by molar-refractivity contribution is 5.99. The van der Waals surface area contributed by atoms with Gasteiger partial charge in [0.05, 0.1) is 12.3 Å². The number of hydrogen-bond acceptors (Lipinski definition) is 2. The first-order chi connectivity index (χ1) is 10.1. The number of ether oxygens (including phenoxy) is 1. The maximum Gasteiger partial charge on any atom is 0.323 e. The molecule has 2 aromatic rings. The van der Waals surface area contributed by atoms with Crippen LogP contribution in [-0.4, -0.2) is 12.6 Å². The van der Waals surface area contributed by atoms with Crippen molar-refractivity contribution in [2.75, 3.05) is 17.2 Å². The van der Waals surface area contributed by atoms with Crippen LogP contribution in [-0.2, 0) is 0 Å². The van der Waals surface area contributed by atoms with Gasteiger partial charge in [-0.2, -0.15) is 0 Å². The predicted octanol–water partition coefficient (Wildman–Crippen LogP) is 4.01. The maximum absolute atomic E-state index is 13.4. The van der Waals surface area contributed by atoms with E-state index in [4.69, 9.17) is 4.74 Å². The Kier molecular flexibility index (Phi) is 4.71. The van der Waals surface area contributed by atoms with Gasteiger partial charge in [-0.15, -0.1) is 0 Å². The molecule has 0 heterocycles. The molecule has 6 heteroatoms. The van der Waals surface area contributed by atoms with Crippen LogP contribution < -0.4 is 15.4 Å². The van der Waals surface area contributed by atoms with E-state index in [1.165, 1.54) is 0 Å². The summed E-state index contributed by atoms with van der Waals surface area (Å²) in [4.78, 5) is 11.7. The summed E-state index contributed by atoms with van der Waals surface area (Å²) in [6, 6.07) is 8.85. The molecular weight excluding hydrogens is 278 g/mol. The van der Waals surface area contributed by atoms with Crippen LogP contribution in [0.1, 0.15) is 6.92 Å². The van der Waals surface area contributed by atoms with Crippen molar-refractivity contribution >= 4 is 17.4 Å². The monoisotopic (exact) mass is 292 g/mol. The van der Waals surface area contributed by atoms with Crippen LogP contribution in [0.15, 0.2) is 42.5 Å². The number of nitrogens with one attached hydrogen (secondary N) is 2. The second-order valence-corrected chi connectivity index (χ2v) is 4.16. The summed E-state index contributed by atoms with van der Waals surface area (Å²) in [6.45, 7) is 2.42. The molecular formula is C15H14F2N2O2. The minimum Gasteiger partial charge on any atom is -0.494 e. The highest BCUT2D eigenvalue weighted by atomic mass is 19.1. The Morgan fingerprint density at radius 1 is 1.10 bits per heavy atom. The van der Waals surface area contributed by atoms with Gasteiger partial charge in [-0.3, -0.25) is 0 Å². The zero-order valence-corrected chi connectivity index (χ0v) is 11.3. The molecule has 2 aromatic carbocycles. The van der Waals surface area contributed by atoms with E-state index >= 15 is 0 Å². The number of carbonyl (C=O) groups excluding carboxylic acids is 1. The van der Waals surface area contributed by atoms with Gasteiger partial charge in [0, 0.05) is 11.8 Å². The molecule has 2 amide bonds. The van der Waals surface area contributed by atoms with Crippen LogP contribution in [0.4, 0.5) is 25.0 Å². The van der Waals surface area contributed by atoms with Crippen molar-refractivity contribution in [3.05, 3.63) is 54.1 Å². The Labute approximate surface area is 120 Å². The Morgan fingerprint density at radius 2 is 1.81 bits per heavy atom. The normalized spacial score (nSPS) is 10.0. The first-order valence-corrected chi connectivity index (χ1v) is 6.34. The summed E-state index contributed by atoms with van der Waals surface area (Å²) < 4.78 is 31.6. The third kappa shape index (κ3) is 4.17. The van der Waals surface area contributed by atoms with E-state index in [1.54, 1.807) is 24.3 Å². The Hall–Kier alpha value is -2.63. The molecule has 21 heavy (non-hydrogen) atoms. The van der Waals surface area contributed by atoms with Gasteiger partial charge in [0.2, 0.25) is 0 Å². The molecule has 0 atom stereocenters. The lowest BCUT2D eigenvalue weighted by molar-refractivity contribution is 0.262. The lowest BCUT2D eigenvalue weighted by Crippen LogP contribution is -2.20. The van der Waals surface area contributed by atoms with E-state index in [9.17, 15) is 13.6 Å². The number of amides is 2. The van der Waals surface area contributed by atoms with Crippen LogP contribution in [0.3, 0.4) is 0 Å². The van der Waals surface area contributed by atoms with Gasteiger partial charge >= 0.3 is 6.03 Å². The number of urea groups is 1. The summed E-state index contributed by atoms with van der Waals surface area (Å²) in [5.74, 6) is -0.661. The molecule has 2 rings (SSSR count). The Bertz CT molecular complexity index is 630. The molecule has 0 unspecified atom stereocenters. The molecule has 0 aliphatic carbocycles. The van der Waals surface area contributed by atoms with Crippen molar-refractivity contribution in [3.63, 3.8) is 0 Å². The third-order valence-electron chi connectivity index (χ3n) is 2.60. The molecule has 0 aliphatic rings. The second-order valence-electron chi connectivity index (χ2n) is 4.16. The topological polar surface area (TPSA) is 50.4 Å². The molecule has 0 radical (unpaired) electrons. The first kappa shape index (κ1) is 14.8. The van der Waals surface area contributed by atoms with Gasteiger partial charge in [-0.1, -0.05) is 0 Å². The number of benzene rings is 2. The van der Waals surface area contributed by atoms with Gasteiger partial charge in [-0.05, 0) is 43.3 Å². The van der Waals surface area contributed by atoms with Crippen LogP contribution in [0.5, 0.6) is 5.75 Å². The van der Waals surface area contributed by atoms with Crippen molar-refractivity contribution in [2.24, 2.45) is 0 Å². The fourth-order valence-corrected chi connectivity index (χ4v) is 1.68. The number of carbonyl (C=O) groups is 1. The number of hydrogen-bond donors (Lipinski definition) is 2. The predicted molar refractivity (Wildman–Crippen MR) is 76.6 cm³/mol. The van der Waals surface area contributed by atoms with Crippen molar-refractivity contribution in [1.82, 2.24) is 0 Å². The average Bonchev–Trinajstić information content (AvgIpc) is 2.45. The van der Waals surface area contributed by atoms with Crippen molar-refractivity contribution < 1.29 is 18.3 Å². The summed E-state index contributed by atoms with van der Waals surface area (Å²) in [6.07, 6.45) is 0. The van der Waals surface area contributed by atoms with Gasteiger partial charge in [0.25, 0.3) is 0 Å². The average molecular weight is 292 g/mol. The third-order valence-corrected chi connectivity index (χ3v) is 2.60. The highest BCUT2D eigenvalue weighted by Crippen LogP contribution is 2.18. The van der Waals surface area contributed by atoms with Crippen LogP contribution in [0.25, 0.3) is 0 Å². The van der Waals surface area contributed by atoms with Crippen molar-refractivity contribution in [1.29, 1.82) is 0 Å². The molecule has 0 fully saturated rings. The van der Waals surface area contributed by atoms with E-state index < -0.39 is 17.7 Å². The number of anilines is 2. The summed E-state index contributed by atoms with van der Waals surface area (Å²) in [5, 5.41) is 4.75. The molecule has 0 spiro atoms. The fraction of sp³-hybridized carbons (Fsp3) is 0.133. The Morgan fingerprint density at radius 3 is 2.48 bits per heavy atom. The van der Waals surface area contributed by atoms with Crippen molar-refractivity contribution in [3.8, 4) is 5.75 Å². The van der Waals surface area contributed by atoms with E-state index in [0.29, 0.717) is 18.0 Å². The fourth-order valence-electron chi connectivity index (χ4n) is 1.68. The Balaban J connectivity index is 1.99. The molecule has 4 nitrogen and oxygen atoms in total. The van der Waals surface area contributed by atoms with Crippen LogP contribution >= 0.6 is 0 Å². The zero-order valence-electron chi connectivity index (χ0n) is 11.3. The number of halogens is 2. The molecule has 0 saturated carbocycles. The first-order valence-electron chi connectivity index (χ1n) is 6.34. The van der Waals surface area contributed by atoms with E-state index in [0.717, 1.165) is 18.2 Å². The second kappa shape index (κ2) is 6.69. The van der Waals surface area contributed by atoms with E-state index in [-0.39, 0.29) is 5.69 Å². The van der Waals surface area contributed by atoms with Gasteiger partial charge < -0.3 is 15.4 Å².